The van der Waals surface area contributed by atoms with Crippen molar-refractivity contribution in [2.75, 3.05) is 19.6 Å². The average Bonchev–Trinajstić information content (AvgIpc) is 3.22. The fraction of sp³-hybridized carbons (Fsp3) is 0.824. The number of nitrogens with one attached hydrogen (secondary N) is 1. The molecule has 1 N–H and O–H groups in total. The SMILES string of the molecule is c1cnn(CCN2CC3(CCCCC3)NCC2C2CC2)c1. The normalized spacial score (nSPS) is 29.8. The molecule has 2 heterocycles. The zero-order chi connectivity index (χ0) is 14.1. The zero-order valence-corrected chi connectivity index (χ0v) is 13.0. The van der Waals surface area contributed by atoms with Crippen LogP contribution in [0.2, 0.25) is 0 Å². The topological polar surface area (TPSA) is 33.1 Å². The second-order valence-corrected chi connectivity index (χ2v) is 7.37. The molecule has 4 rings (SSSR count). The van der Waals surface area contributed by atoms with E-state index in [2.05, 4.69) is 26.2 Å². The molecule has 4 nitrogen and oxygen atoms in total. The summed E-state index contributed by atoms with van der Waals surface area (Å²) in [7, 11) is 0. The minimum atomic E-state index is 0.424. The number of aromatic nitrogens is 2. The van der Waals surface area contributed by atoms with Crippen molar-refractivity contribution in [2.24, 2.45) is 5.92 Å². The second kappa shape index (κ2) is 5.73. The Morgan fingerprint density at radius 2 is 2.00 bits per heavy atom. The Labute approximate surface area is 127 Å². The second-order valence-electron chi connectivity index (χ2n) is 7.37. The van der Waals surface area contributed by atoms with Gasteiger partial charge in [-0.3, -0.25) is 9.58 Å². The van der Waals surface area contributed by atoms with Gasteiger partial charge in [0.2, 0.25) is 0 Å². The molecule has 1 aliphatic heterocycles. The van der Waals surface area contributed by atoms with Crippen molar-refractivity contribution in [1.82, 2.24) is 20.0 Å². The van der Waals surface area contributed by atoms with Gasteiger partial charge in [0.15, 0.2) is 0 Å². The van der Waals surface area contributed by atoms with Crippen LogP contribution < -0.4 is 5.32 Å². The average molecular weight is 288 g/mol. The first kappa shape index (κ1) is 13.8. The van der Waals surface area contributed by atoms with Crippen molar-refractivity contribution in [3.05, 3.63) is 18.5 Å². The molecule has 2 saturated carbocycles. The molecule has 0 amide bonds. The smallest absolute Gasteiger partial charge is 0.0536 e. The zero-order valence-electron chi connectivity index (χ0n) is 13.0. The maximum absolute atomic E-state index is 4.36. The van der Waals surface area contributed by atoms with Gasteiger partial charge in [-0.05, 0) is 37.7 Å². The third-order valence-corrected chi connectivity index (χ3v) is 5.81. The molecule has 21 heavy (non-hydrogen) atoms. The van der Waals surface area contributed by atoms with Gasteiger partial charge in [0.05, 0.1) is 6.54 Å². The van der Waals surface area contributed by atoms with Crippen molar-refractivity contribution >= 4 is 0 Å². The van der Waals surface area contributed by atoms with Crippen LogP contribution in [0, 0.1) is 5.92 Å². The van der Waals surface area contributed by atoms with Gasteiger partial charge in [0.1, 0.15) is 0 Å². The number of nitrogens with zero attached hydrogens (tertiary/aromatic N) is 3. The van der Waals surface area contributed by atoms with Gasteiger partial charge in [0.25, 0.3) is 0 Å². The molecule has 0 radical (unpaired) electrons. The summed E-state index contributed by atoms with van der Waals surface area (Å²) in [6.07, 6.45) is 13.9. The van der Waals surface area contributed by atoms with Crippen LogP contribution in [0.1, 0.15) is 44.9 Å². The summed E-state index contributed by atoms with van der Waals surface area (Å²) in [6, 6.07) is 2.80. The molecule has 1 aromatic heterocycles. The molecule has 1 aromatic rings. The van der Waals surface area contributed by atoms with Crippen LogP contribution in [0.15, 0.2) is 18.5 Å². The quantitative estimate of drug-likeness (QED) is 0.922. The summed E-state index contributed by atoms with van der Waals surface area (Å²) in [4.78, 5) is 2.79. The van der Waals surface area contributed by atoms with E-state index >= 15 is 0 Å². The van der Waals surface area contributed by atoms with E-state index in [1.165, 1.54) is 58.0 Å². The molecule has 1 spiro atoms. The van der Waals surface area contributed by atoms with Crippen molar-refractivity contribution < 1.29 is 0 Å². The van der Waals surface area contributed by atoms with Crippen molar-refractivity contribution in [3.63, 3.8) is 0 Å². The Morgan fingerprint density at radius 1 is 1.14 bits per heavy atom. The van der Waals surface area contributed by atoms with Gasteiger partial charge in [-0.2, -0.15) is 5.10 Å². The largest absolute Gasteiger partial charge is 0.308 e. The van der Waals surface area contributed by atoms with Crippen LogP contribution in [0.4, 0.5) is 0 Å². The highest BCUT2D eigenvalue weighted by atomic mass is 15.3. The fourth-order valence-corrected chi connectivity index (χ4v) is 4.43. The highest BCUT2D eigenvalue weighted by molar-refractivity contribution is 5.03. The molecule has 4 heteroatoms. The van der Waals surface area contributed by atoms with Gasteiger partial charge in [-0.15, -0.1) is 0 Å². The van der Waals surface area contributed by atoms with Gasteiger partial charge in [-0.1, -0.05) is 19.3 Å². The minimum absolute atomic E-state index is 0.424. The summed E-state index contributed by atoms with van der Waals surface area (Å²) in [5.41, 5.74) is 0.424. The summed E-state index contributed by atoms with van der Waals surface area (Å²) in [5.74, 6) is 0.955. The number of hydrogen-bond donors (Lipinski definition) is 1. The lowest BCUT2D eigenvalue weighted by molar-refractivity contribution is 0.0435. The Balaban J connectivity index is 1.43. The molecular weight excluding hydrogens is 260 g/mol. The van der Waals surface area contributed by atoms with E-state index in [0.717, 1.165) is 25.0 Å². The van der Waals surface area contributed by atoms with Gasteiger partial charge >= 0.3 is 0 Å². The third kappa shape index (κ3) is 3.02. The summed E-state index contributed by atoms with van der Waals surface area (Å²) < 4.78 is 2.08. The molecule has 116 valence electrons. The van der Waals surface area contributed by atoms with Crippen LogP contribution in [0.25, 0.3) is 0 Å². The van der Waals surface area contributed by atoms with Gasteiger partial charge < -0.3 is 5.32 Å². The van der Waals surface area contributed by atoms with E-state index in [4.69, 9.17) is 0 Å². The summed E-state index contributed by atoms with van der Waals surface area (Å²) in [5, 5.41) is 8.33. The van der Waals surface area contributed by atoms with E-state index in [0.29, 0.717) is 5.54 Å². The Morgan fingerprint density at radius 3 is 2.71 bits per heavy atom. The van der Waals surface area contributed by atoms with Gasteiger partial charge in [-0.25, -0.2) is 0 Å². The fourth-order valence-electron chi connectivity index (χ4n) is 4.43. The molecule has 0 aromatic carbocycles. The highest BCUT2D eigenvalue weighted by Crippen LogP contribution is 2.39. The Bertz CT molecular complexity index is 445. The van der Waals surface area contributed by atoms with Crippen molar-refractivity contribution in [3.8, 4) is 0 Å². The molecule has 1 unspecified atom stereocenters. The first-order valence-electron chi connectivity index (χ1n) is 8.81. The standard InChI is InChI=1S/C17H28N4/c1-2-7-17(8-3-1)14-20(11-12-21-10-4-9-19-21)16(13-18-17)15-5-6-15/h4,9-10,15-16,18H,1-3,5-8,11-14H2. The number of hydrogen-bond acceptors (Lipinski definition) is 3. The molecule has 1 saturated heterocycles. The number of piperazine rings is 1. The maximum Gasteiger partial charge on any atom is 0.0536 e. The van der Waals surface area contributed by atoms with Crippen LogP contribution in [0.3, 0.4) is 0 Å². The lowest BCUT2D eigenvalue weighted by Gasteiger charge is -2.50. The third-order valence-electron chi connectivity index (χ3n) is 5.81. The summed E-state index contributed by atoms with van der Waals surface area (Å²) in [6.45, 7) is 4.66. The Kier molecular flexibility index (Phi) is 3.76. The van der Waals surface area contributed by atoms with Crippen LogP contribution in [-0.2, 0) is 6.54 Å². The molecule has 0 bridgehead atoms. The molecular formula is C17H28N4. The van der Waals surface area contributed by atoms with Crippen molar-refractivity contribution in [2.45, 2.75) is 63.1 Å². The van der Waals surface area contributed by atoms with E-state index < -0.39 is 0 Å². The maximum atomic E-state index is 4.36. The highest BCUT2D eigenvalue weighted by Gasteiger charge is 2.44. The van der Waals surface area contributed by atoms with Crippen LogP contribution in [-0.4, -0.2) is 45.9 Å². The molecule has 2 aliphatic carbocycles. The monoisotopic (exact) mass is 288 g/mol. The summed E-state index contributed by atoms with van der Waals surface area (Å²) >= 11 is 0. The van der Waals surface area contributed by atoms with E-state index in [1.807, 2.05) is 12.3 Å². The van der Waals surface area contributed by atoms with Crippen molar-refractivity contribution in [1.29, 1.82) is 0 Å². The van der Waals surface area contributed by atoms with E-state index in [9.17, 15) is 0 Å². The minimum Gasteiger partial charge on any atom is -0.308 e. The predicted octanol–water partition coefficient (Wildman–Crippen LogP) is 2.27. The molecule has 3 aliphatic rings. The van der Waals surface area contributed by atoms with E-state index in [1.54, 1.807) is 0 Å². The van der Waals surface area contributed by atoms with Gasteiger partial charge in [0, 0.05) is 43.6 Å². The predicted molar refractivity (Wildman–Crippen MR) is 84.1 cm³/mol. The number of rotatable bonds is 4. The van der Waals surface area contributed by atoms with Crippen LogP contribution >= 0.6 is 0 Å². The lowest BCUT2D eigenvalue weighted by Crippen LogP contribution is -2.65. The molecule has 1 atom stereocenters. The van der Waals surface area contributed by atoms with Crippen LogP contribution in [0.5, 0.6) is 0 Å². The van der Waals surface area contributed by atoms with E-state index in [-0.39, 0.29) is 0 Å². The molecule has 3 fully saturated rings. The first-order chi connectivity index (χ1) is 10.3. The lowest BCUT2D eigenvalue weighted by atomic mass is 9.79. The Hall–Kier alpha value is -0.870. The first-order valence-corrected chi connectivity index (χ1v) is 8.81.